The van der Waals surface area contributed by atoms with E-state index in [2.05, 4.69) is 34.1 Å². The molecular weight excluding hydrogens is 387 g/mol. The summed E-state index contributed by atoms with van der Waals surface area (Å²) < 4.78 is 18.6. The second kappa shape index (κ2) is 8.95. The summed E-state index contributed by atoms with van der Waals surface area (Å²) in [5, 5.41) is 0.750. The molecule has 0 amide bonds. The molecule has 3 aromatic rings. The van der Waals surface area contributed by atoms with Crippen LogP contribution in [-0.4, -0.2) is 30.0 Å². The number of methoxy groups -OCH3 is 1. The molecule has 0 N–H and O–H groups in total. The lowest BCUT2D eigenvalue weighted by molar-refractivity contribution is 0.126. The number of rotatable bonds is 6. The van der Waals surface area contributed by atoms with Gasteiger partial charge in [-0.15, -0.1) is 0 Å². The zero-order valence-corrected chi connectivity index (χ0v) is 17.1. The van der Waals surface area contributed by atoms with Gasteiger partial charge in [0, 0.05) is 31.2 Å². The van der Waals surface area contributed by atoms with Gasteiger partial charge >= 0.3 is 0 Å². The molecule has 0 spiro atoms. The maximum atomic E-state index is 13.3. The first-order valence-electron chi connectivity index (χ1n) is 9.73. The van der Waals surface area contributed by atoms with Crippen LogP contribution in [0.5, 0.6) is 5.75 Å². The largest absolute Gasteiger partial charge is 0.497 e. The van der Waals surface area contributed by atoms with Gasteiger partial charge in [-0.3, -0.25) is 9.80 Å². The van der Waals surface area contributed by atoms with E-state index >= 15 is 0 Å². The molecule has 150 valence electrons. The minimum atomic E-state index is -0.203. The summed E-state index contributed by atoms with van der Waals surface area (Å²) in [4.78, 5) is 4.90. The molecule has 5 heteroatoms. The summed E-state index contributed by atoms with van der Waals surface area (Å²) in [5.41, 5.74) is 3.56. The standard InChI is InChI=1S/C24H24ClFN2O/c1-29-23-12-6-20(7-13-23)24-27(16-18-2-8-21(25)9-3-18)14-15-28(24)17-19-4-10-22(26)11-5-19/h2-13,24H,14-17H2,1H3/t24-/m0/s1. The fourth-order valence-corrected chi connectivity index (χ4v) is 4.04. The Hall–Kier alpha value is -2.40. The zero-order valence-electron chi connectivity index (χ0n) is 16.4. The Balaban J connectivity index is 1.59. The molecule has 0 aromatic heterocycles. The molecule has 0 saturated carbocycles. The van der Waals surface area contributed by atoms with Crippen molar-refractivity contribution in [2.75, 3.05) is 20.2 Å². The maximum absolute atomic E-state index is 13.3. The minimum absolute atomic E-state index is 0.140. The van der Waals surface area contributed by atoms with Crippen LogP contribution >= 0.6 is 11.6 Å². The van der Waals surface area contributed by atoms with Gasteiger partial charge in [-0.05, 0) is 53.1 Å². The van der Waals surface area contributed by atoms with Gasteiger partial charge in [0.25, 0.3) is 0 Å². The molecule has 1 aliphatic heterocycles. The van der Waals surface area contributed by atoms with Crippen LogP contribution in [-0.2, 0) is 13.1 Å². The molecule has 0 radical (unpaired) electrons. The van der Waals surface area contributed by atoms with Crippen LogP contribution in [0.3, 0.4) is 0 Å². The second-order valence-corrected chi connectivity index (χ2v) is 7.78. The first-order valence-corrected chi connectivity index (χ1v) is 10.1. The summed E-state index contributed by atoms with van der Waals surface area (Å²) in [6, 6.07) is 23.1. The number of ether oxygens (including phenoxy) is 1. The van der Waals surface area contributed by atoms with Gasteiger partial charge in [0.1, 0.15) is 11.6 Å². The fraction of sp³-hybridized carbons (Fsp3) is 0.250. The molecule has 1 saturated heterocycles. The van der Waals surface area contributed by atoms with E-state index in [1.165, 1.54) is 23.3 Å². The molecule has 0 aliphatic carbocycles. The third-order valence-electron chi connectivity index (χ3n) is 5.38. The number of nitrogens with zero attached hydrogens (tertiary/aromatic N) is 2. The van der Waals surface area contributed by atoms with Gasteiger partial charge < -0.3 is 4.74 Å². The number of benzene rings is 3. The highest BCUT2D eigenvalue weighted by Crippen LogP contribution is 2.33. The molecule has 3 aromatic carbocycles. The Labute approximate surface area is 176 Å². The first kappa shape index (κ1) is 19.9. The highest BCUT2D eigenvalue weighted by Gasteiger charge is 2.33. The van der Waals surface area contributed by atoms with Crippen LogP contribution < -0.4 is 4.74 Å². The van der Waals surface area contributed by atoms with E-state index < -0.39 is 0 Å². The lowest BCUT2D eigenvalue weighted by Crippen LogP contribution is -2.30. The van der Waals surface area contributed by atoms with E-state index in [1.54, 1.807) is 7.11 Å². The molecule has 3 nitrogen and oxygen atoms in total. The van der Waals surface area contributed by atoms with Crippen molar-refractivity contribution >= 4 is 11.6 Å². The van der Waals surface area contributed by atoms with Crippen LogP contribution in [0.15, 0.2) is 72.8 Å². The van der Waals surface area contributed by atoms with Crippen LogP contribution in [0.2, 0.25) is 5.02 Å². The molecule has 0 unspecified atom stereocenters. The van der Waals surface area contributed by atoms with Crippen molar-refractivity contribution < 1.29 is 9.13 Å². The van der Waals surface area contributed by atoms with Crippen LogP contribution in [0.4, 0.5) is 4.39 Å². The monoisotopic (exact) mass is 410 g/mol. The molecule has 0 bridgehead atoms. The van der Waals surface area contributed by atoms with Crippen molar-refractivity contribution in [2.24, 2.45) is 0 Å². The van der Waals surface area contributed by atoms with Crippen LogP contribution in [0.25, 0.3) is 0 Å². The zero-order chi connectivity index (χ0) is 20.2. The number of hydrogen-bond acceptors (Lipinski definition) is 3. The molecule has 1 atom stereocenters. The molecular formula is C24H24ClFN2O. The average molecular weight is 411 g/mol. The quantitative estimate of drug-likeness (QED) is 0.533. The topological polar surface area (TPSA) is 15.7 Å². The average Bonchev–Trinajstić information content (AvgIpc) is 3.13. The van der Waals surface area contributed by atoms with E-state index in [1.807, 2.05) is 36.4 Å². The summed E-state index contributed by atoms with van der Waals surface area (Å²) in [6.45, 7) is 3.52. The fourth-order valence-electron chi connectivity index (χ4n) is 3.91. The van der Waals surface area contributed by atoms with Crippen LogP contribution in [0, 0.1) is 5.82 Å². The normalized spacial score (nSPS) is 17.6. The van der Waals surface area contributed by atoms with E-state index in [0.717, 1.165) is 42.5 Å². The van der Waals surface area contributed by atoms with E-state index in [9.17, 15) is 4.39 Å². The highest BCUT2D eigenvalue weighted by atomic mass is 35.5. The predicted octanol–water partition coefficient (Wildman–Crippen LogP) is 5.50. The Morgan fingerprint density at radius 1 is 0.828 bits per heavy atom. The van der Waals surface area contributed by atoms with Crippen molar-refractivity contribution in [3.05, 3.63) is 100 Å². The Morgan fingerprint density at radius 2 is 1.34 bits per heavy atom. The van der Waals surface area contributed by atoms with Gasteiger partial charge in [-0.2, -0.15) is 0 Å². The van der Waals surface area contributed by atoms with Gasteiger partial charge in [0.15, 0.2) is 0 Å². The molecule has 4 rings (SSSR count). The van der Waals surface area contributed by atoms with Crippen LogP contribution in [0.1, 0.15) is 22.9 Å². The highest BCUT2D eigenvalue weighted by molar-refractivity contribution is 6.30. The lowest BCUT2D eigenvalue weighted by Gasteiger charge is -2.31. The third-order valence-corrected chi connectivity index (χ3v) is 5.63. The van der Waals surface area contributed by atoms with Gasteiger partial charge in [0.05, 0.1) is 13.3 Å². The summed E-state index contributed by atoms with van der Waals surface area (Å²) in [7, 11) is 1.68. The molecule has 1 fully saturated rings. The van der Waals surface area contributed by atoms with Crippen molar-refractivity contribution in [3.8, 4) is 5.75 Å². The lowest BCUT2D eigenvalue weighted by atomic mass is 10.1. The summed E-state index contributed by atoms with van der Waals surface area (Å²) in [5.74, 6) is 0.646. The third kappa shape index (κ3) is 4.78. The minimum Gasteiger partial charge on any atom is -0.497 e. The molecule has 1 aliphatic rings. The maximum Gasteiger partial charge on any atom is 0.123 e. The number of hydrogen-bond donors (Lipinski definition) is 0. The SMILES string of the molecule is COc1ccc([C@@H]2N(Cc3ccc(F)cc3)CCN2Cc2ccc(Cl)cc2)cc1. The number of halogens is 2. The molecule has 1 heterocycles. The van der Waals surface area contributed by atoms with E-state index in [0.29, 0.717) is 0 Å². The Morgan fingerprint density at radius 3 is 1.86 bits per heavy atom. The van der Waals surface area contributed by atoms with Gasteiger partial charge in [0.2, 0.25) is 0 Å². The smallest absolute Gasteiger partial charge is 0.123 e. The van der Waals surface area contributed by atoms with Gasteiger partial charge in [-0.25, -0.2) is 4.39 Å². The Bertz CT molecular complexity index is 873. The predicted molar refractivity (Wildman–Crippen MR) is 114 cm³/mol. The van der Waals surface area contributed by atoms with Crippen molar-refractivity contribution in [1.82, 2.24) is 9.80 Å². The van der Waals surface area contributed by atoms with Crippen molar-refractivity contribution in [3.63, 3.8) is 0 Å². The molecule has 29 heavy (non-hydrogen) atoms. The van der Waals surface area contributed by atoms with E-state index in [-0.39, 0.29) is 12.0 Å². The Kier molecular flexibility index (Phi) is 6.14. The first-order chi connectivity index (χ1) is 14.1. The van der Waals surface area contributed by atoms with Crippen molar-refractivity contribution in [1.29, 1.82) is 0 Å². The summed E-state index contributed by atoms with van der Waals surface area (Å²) >= 11 is 6.05. The van der Waals surface area contributed by atoms with E-state index in [4.69, 9.17) is 16.3 Å². The van der Waals surface area contributed by atoms with Gasteiger partial charge in [-0.1, -0.05) is 48.0 Å². The summed E-state index contributed by atoms with van der Waals surface area (Å²) in [6.07, 6.45) is 0.140. The van der Waals surface area contributed by atoms with Crippen molar-refractivity contribution in [2.45, 2.75) is 19.3 Å². The second-order valence-electron chi connectivity index (χ2n) is 7.34.